The number of nitrogens with zero attached hydrogens (tertiary/aromatic N) is 1. The first-order valence-corrected chi connectivity index (χ1v) is 7.62. The van der Waals surface area contributed by atoms with E-state index in [1.54, 1.807) is 4.90 Å². The number of carboxylic acid groups (broad SMARTS) is 1. The molecule has 0 unspecified atom stereocenters. The van der Waals surface area contributed by atoms with E-state index in [2.05, 4.69) is 4.98 Å². The molecule has 0 spiro atoms. The van der Waals surface area contributed by atoms with Gasteiger partial charge in [0, 0.05) is 30.2 Å². The second-order valence-corrected chi connectivity index (χ2v) is 6.01. The Morgan fingerprint density at radius 2 is 2.23 bits per heavy atom. The van der Waals surface area contributed by atoms with E-state index in [1.165, 1.54) is 0 Å². The summed E-state index contributed by atoms with van der Waals surface area (Å²) in [6, 6.07) is 6.02. The van der Waals surface area contributed by atoms with Crippen LogP contribution in [0.3, 0.4) is 0 Å². The predicted octanol–water partition coefficient (Wildman–Crippen LogP) is 2.34. The monoisotopic (exact) mass is 300 g/mol. The van der Waals surface area contributed by atoms with Crippen LogP contribution in [0.15, 0.2) is 24.4 Å². The van der Waals surface area contributed by atoms with Gasteiger partial charge in [0.05, 0.1) is 12.3 Å². The molecule has 22 heavy (non-hydrogen) atoms. The molecule has 2 N–H and O–H groups in total. The number of amides is 1. The average Bonchev–Trinajstić information content (AvgIpc) is 2.92. The molecular formula is C17H20N2O3. The normalized spacial score (nSPS) is 18.6. The van der Waals surface area contributed by atoms with E-state index in [0.29, 0.717) is 25.9 Å². The number of rotatable bonds is 3. The van der Waals surface area contributed by atoms with Gasteiger partial charge in [0.25, 0.3) is 0 Å². The summed E-state index contributed by atoms with van der Waals surface area (Å²) >= 11 is 0. The molecule has 1 atom stereocenters. The summed E-state index contributed by atoms with van der Waals surface area (Å²) in [5.74, 6) is -1.22. The van der Waals surface area contributed by atoms with Crippen molar-refractivity contribution in [3.8, 4) is 0 Å². The van der Waals surface area contributed by atoms with Crippen LogP contribution in [0.2, 0.25) is 0 Å². The number of carboxylic acids is 1. The number of carbonyl (C=O) groups excluding carboxylic acids is 1. The zero-order chi connectivity index (χ0) is 15.7. The minimum atomic E-state index is -0.805. The molecule has 2 heterocycles. The fourth-order valence-electron chi connectivity index (χ4n) is 3.27. The molecule has 3 rings (SSSR count). The highest BCUT2D eigenvalue weighted by atomic mass is 16.4. The number of hydrogen-bond donors (Lipinski definition) is 2. The molecule has 1 aromatic heterocycles. The van der Waals surface area contributed by atoms with Crippen LogP contribution in [-0.4, -0.2) is 40.0 Å². The highest BCUT2D eigenvalue weighted by molar-refractivity contribution is 5.91. The molecular weight excluding hydrogens is 280 g/mol. The number of nitrogens with one attached hydrogen (secondary N) is 1. The number of fused-ring (bicyclic) bond motifs is 1. The van der Waals surface area contributed by atoms with Crippen LogP contribution in [0.1, 0.15) is 24.0 Å². The number of aryl methyl sites for hydroxylation is 1. The maximum absolute atomic E-state index is 12.5. The summed E-state index contributed by atoms with van der Waals surface area (Å²) in [5, 5.41) is 10.2. The fraction of sp³-hybridized carbons (Fsp3) is 0.412. The number of aromatic amines is 1. The topological polar surface area (TPSA) is 73.4 Å². The van der Waals surface area contributed by atoms with Gasteiger partial charge in [-0.2, -0.15) is 0 Å². The minimum absolute atomic E-state index is 0.00935. The van der Waals surface area contributed by atoms with Crippen LogP contribution in [-0.2, 0) is 16.0 Å². The van der Waals surface area contributed by atoms with E-state index < -0.39 is 11.9 Å². The van der Waals surface area contributed by atoms with E-state index in [0.717, 1.165) is 28.5 Å². The smallest absolute Gasteiger partial charge is 0.308 e. The van der Waals surface area contributed by atoms with Gasteiger partial charge in [-0.05, 0) is 37.0 Å². The van der Waals surface area contributed by atoms with Gasteiger partial charge in [0.2, 0.25) is 5.91 Å². The van der Waals surface area contributed by atoms with Gasteiger partial charge in [0.15, 0.2) is 0 Å². The number of hydrogen-bond acceptors (Lipinski definition) is 2. The number of aliphatic carboxylic acids is 1. The molecule has 1 aliphatic rings. The first-order valence-electron chi connectivity index (χ1n) is 7.62. The van der Waals surface area contributed by atoms with Gasteiger partial charge in [0.1, 0.15) is 0 Å². The van der Waals surface area contributed by atoms with Crippen molar-refractivity contribution in [1.29, 1.82) is 0 Å². The molecule has 0 radical (unpaired) electrons. The SMILES string of the molecule is Cc1cccc2[nH]cc(CC(=O)N3CCC[C@@H](C(=O)O)C3)c12. The third-order valence-electron chi connectivity index (χ3n) is 4.46. The Labute approximate surface area is 128 Å². The number of benzene rings is 1. The summed E-state index contributed by atoms with van der Waals surface area (Å²) in [6.07, 6.45) is 3.62. The Balaban J connectivity index is 1.77. The van der Waals surface area contributed by atoms with Crippen molar-refractivity contribution < 1.29 is 14.7 Å². The van der Waals surface area contributed by atoms with Crippen LogP contribution in [0.5, 0.6) is 0 Å². The van der Waals surface area contributed by atoms with E-state index in [1.807, 2.05) is 31.3 Å². The molecule has 1 amide bonds. The van der Waals surface area contributed by atoms with Crippen molar-refractivity contribution in [2.45, 2.75) is 26.2 Å². The van der Waals surface area contributed by atoms with Crippen molar-refractivity contribution in [3.05, 3.63) is 35.5 Å². The Morgan fingerprint density at radius 1 is 1.41 bits per heavy atom. The summed E-state index contributed by atoms with van der Waals surface area (Å²) in [7, 11) is 0. The Bertz CT molecular complexity index is 720. The molecule has 5 nitrogen and oxygen atoms in total. The first-order chi connectivity index (χ1) is 10.6. The third kappa shape index (κ3) is 2.71. The van der Waals surface area contributed by atoms with Crippen molar-refractivity contribution in [2.24, 2.45) is 5.92 Å². The van der Waals surface area contributed by atoms with Crippen LogP contribution >= 0.6 is 0 Å². The molecule has 0 aliphatic carbocycles. The average molecular weight is 300 g/mol. The minimum Gasteiger partial charge on any atom is -0.481 e. The van der Waals surface area contributed by atoms with Crippen molar-refractivity contribution >= 4 is 22.8 Å². The molecule has 1 aromatic carbocycles. The summed E-state index contributed by atoms with van der Waals surface area (Å²) in [6.45, 7) is 3.02. The van der Waals surface area contributed by atoms with Gasteiger partial charge in [-0.3, -0.25) is 9.59 Å². The third-order valence-corrected chi connectivity index (χ3v) is 4.46. The van der Waals surface area contributed by atoms with Crippen molar-refractivity contribution in [3.63, 3.8) is 0 Å². The van der Waals surface area contributed by atoms with Crippen LogP contribution in [0.4, 0.5) is 0 Å². The largest absolute Gasteiger partial charge is 0.481 e. The maximum Gasteiger partial charge on any atom is 0.308 e. The van der Waals surface area contributed by atoms with Gasteiger partial charge >= 0.3 is 5.97 Å². The predicted molar refractivity (Wildman–Crippen MR) is 83.7 cm³/mol. The lowest BCUT2D eigenvalue weighted by Gasteiger charge is -2.30. The molecule has 1 fully saturated rings. The number of likely N-dealkylation sites (tertiary alicyclic amines) is 1. The van der Waals surface area contributed by atoms with E-state index in [9.17, 15) is 9.59 Å². The van der Waals surface area contributed by atoms with Gasteiger partial charge in [-0.25, -0.2) is 0 Å². The molecule has 1 aliphatic heterocycles. The van der Waals surface area contributed by atoms with Gasteiger partial charge in [-0.1, -0.05) is 12.1 Å². The molecule has 5 heteroatoms. The molecule has 116 valence electrons. The Hall–Kier alpha value is -2.30. The zero-order valence-corrected chi connectivity index (χ0v) is 12.6. The Morgan fingerprint density at radius 3 is 3.00 bits per heavy atom. The number of carbonyl (C=O) groups is 2. The second-order valence-electron chi connectivity index (χ2n) is 6.01. The van der Waals surface area contributed by atoms with E-state index in [4.69, 9.17) is 5.11 Å². The number of H-pyrrole nitrogens is 1. The maximum atomic E-state index is 12.5. The molecule has 0 bridgehead atoms. The first kappa shape index (κ1) is 14.6. The second kappa shape index (κ2) is 5.83. The van der Waals surface area contributed by atoms with Crippen LogP contribution in [0.25, 0.3) is 10.9 Å². The lowest BCUT2D eigenvalue weighted by Crippen LogP contribution is -2.42. The van der Waals surface area contributed by atoms with Crippen LogP contribution in [0, 0.1) is 12.8 Å². The van der Waals surface area contributed by atoms with Gasteiger partial charge in [-0.15, -0.1) is 0 Å². The lowest BCUT2D eigenvalue weighted by atomic mass is 9.97. The molecule has 1 saturated heterocycles. The molecule has 2 aromatic rings. The van der Waals surface area contributed by atoms with Gasteiger partial charge < -0.3 is 15.0 Å². The van der Waals surface area contributed by atoms with Crippen molar-refractivity contribution in [2.75, 3.05) is 13.1 Å². The lowest BCUT2D eigenvalue weighted by molar-refractivity contribution is -0.145. The van der Waals surface area contributed by atoms with E-state index >= 15 is 0 Å². The van der Waals surface area contributed by atoms with Crippen molar-refractivity contribution in [1.82, 2.24) is 9.88 Å². The van der Waals surface area contributed by atoms with Crippen LogP contribution < -0.4 is 0 Å². The summed E-state index contributed by atoms with van der Waals surface area (Å²) < 4.78 is 0. The quantitative estimate of drug-likeness (QED) is 0.913. The summed E-state index contributed by atoms with van der Waals surface area (Å²) in [4.78, 5) is 28.5. The number of piperidine rings is 1. The summed E-state index contributed by atoms with van der Waals surface area (Å²) in [5.41, 5.74) is 3.16. The Kier molecular flexibility index (Phi) is 3.88. The fourth-order valence-corrected chi connectivity index (χ4v) is 3.27. The van der Waals surface area contributed by atoms with E-state index in [-0.39, 0.29) is 5.91 Å². The molecule has 0 saturated carbocycles. The standard InChI is InChI=1S/C17H20N2O3/c1-11-4-2-6-14-16(11)13(9-18-14)8-15(20)19-7-3-5-12(10-19)17(21)22/h2,4,6,9,12,18H,3,5,7-8,10H2,1H3,(H,21,22)/t12-/m1/s1. The zero-order valence-electron chi connectivity index (χ0n) is 12.6. The number of aromatic nitrogens is 1. The highest BCUT2D eigenvalue weighted by Gasteiger charge is 2.28. The highest BCUT2D eigenvalue weighted by Crippen LogP contribution is 2.24.